The van der Waals surface area contributed by atoms with Crippen molar-refractivity contribution in [3.05, 3.63) is 6.92 Å². The first-order valence-corrected chi connectivity index (χ1v) is 11.3. The summed E-state index contributed by atoms with van der Waals surface area (Å²) in [6.07, 6.45) is 5.31. The lowest BCUT2D eigenvalue weighted by molar-refractivity contribution is -0.136. The van der Waals surface area contributed by atoms with Gasteiger partial charge < -0.3 is 9.53 Å². The second-order valence-corrected chi connectivity index (χ2v) is 12.9. The Morgan fingerprint density at radius 3 is 2.30 bits per heavy atom. The number of alkyl halides is 1. The fourth-order valence-electron chi connectivity index (χ4n) is 2.46. The summed E-state index contributed by atoms with van der Waals surface area (Å²) in [6, 6.07) is 0. The SMILES string of the molecule is [CH2+]C(C)(C)[Si](C)(C)OC1CCC(CC(Br)C(=O)O)CC1. The van der Waals surface area contributed by atoms with Crippen molar-refractivity contribution < 1.29 is 14.3 Å². The highest BCUT2D eigenvalue weighted by Crippen LogP contribution is 2.40. The van der Waals surface area contributed by atoms with Crippen LogP contribution in [0.15, 0.2) is 0 Å². The number of hydrogen-bond donors (Lipinski definition) is 1. The van der Waals surface area contributed by atoms with Crippen LogP contribution in [0.4, 0.5) is 0 Å². The number of hydrogen-bond acceptors (Lipinski definition) is 2. The molecule has 116 valence electrons. The van der Waals surface area contributed by atoms with E-state index in [1.54, 1.807) is 0 Å². The van der Waals surface area contributed by atoms with E-state index in [9.17, 15) is 4.79 Å². The maximum atomic E-state index is 10.9. The van der Waals surface area contributed by atoms with Gasteiger partial charge in [0.2, 0.25) is 8.32 Å². The molecule has 1 saturated carbocycles. The maximum absolute atomic E-state index is 10.9. The van der Waals surface area contributed by atoms with E-state index in [0.29, 0.717) is 12.0 Å². The van der Waals surface area contributed by atoms with Crippen molar-refractivity contribution in [2.75, 3.05) is 0 Å². The second-order valence-electron chi connectivity index (χ2n) is 7.20. The van der Waals surface area contributed by atoms with Crippen molar-refractivity contribution in [1.82, 2.24) is 0 Å². The lowest BCUT2D eigenvalue weighted by Gasteiger charge is -2.38. The molecular weight excluding hydrogens is 336 g/mol. The number of halogens is 1. The van der Waals surface area contributed by atoms with Crippen molar-refractivity contribution in [2.45, 2.75) is 75.0 Å². The zero-order valence-corrected chi connectivity index (χ0v) is 15.7. The summed E-state index contributed by atoms with van der Waals surface area (Å²) in [5.74, 6) is -0.247. The number of rotatable bonds is 6. The molecule has 1 unspecified atom stereocenters. The smallest absolute Gasteiger partial charge is 0.317 e. The van der Waals surface area contributed by atoms with Crippen LogP contribution in [0, 0.1) is 12.8 Å². The molecule has 0 radical (unpaired) electrons. The average molecular weight is 364 g/mol. The fourth-order valence-corrected chi connectivity index (χ4v) is 4.37. The predicted octanol–water partition coefficient (Wildman–Crippen LogP) is 4.62. The minimum absolute atomic E-state index is 0.00805. The van der Waals surface area contributed by atoms with E-state index in [2.05, 4.69) is 49.8 Å². The Hall–Kier alpha value is -0.00312. The lowest BCUT2D eigenvalue weighted by atomic mass is 9.84. The molecule has 0 bridgehead atoms. The third kappa shape index (κ3) is 5.08. The van der Waals surface area contributed by atoms with Gasteiger partial charge >= 0.3 is 5.97 Å². The van der Waals surface area contributed by atoms with Gasteiger partial charge in [0.25, 0.3) is 0 Å². The van der Waals surface area contributed by atoms with E-state index in [0.717, 1.165) is 32.1 Å². The minimum Gasteiger partial charge on any atom is -0.480 e. The van der Waals surface area contributed by atoms with Gasteiger partial charge in [-0.3, -0.25) is 4.79 Å². The summed E-state index contributed by atoms with van der Waals surface area (Å²) < 4.78 is 6.39. The molecule has 1 aliphatic rings. The molecule has 0 aliphatic heterocycles. The zero-order chi connectivity index (χ0) is 15.6. The first-order chi connectivity index (χ1) is 9.03. The number of carboxylic acid groups (broad SMARTS) is 1. The Labute approximate surface area is 132 Å². The number of carboxylic acids is 1. The van der Waals surface area contributed by atoms with Crippen LogP contribution in [0.2, 0.25) is 18.1 Å². The number of carbonyl (C=O) groups is 1. The Kier molecular flexibility index (Phi) is 6.17. The summed E-state index contributed by atoms with van der Waals surface area (Å²) in [7, 11) is -1.78. The highest BCUT2D eigenvalue weighted by Gasteiger charge is 2.45. The van der Waals surface area contributed by atoms with Gasteiger partial charge in [-0.15, -0.1) is 0 Å². The lowest BCUT2D eigenvalue weighted by Crippen LogP contribution is -2.45. The van der Waals surface area contributed by atoms with Gasteiger partial charge in [-0.1, -0.05) is 15.9 Å². The second kappa shape index (κ2) is 6.84. The standard InChI is InChI=1S/C15H27BrO3Si/c1-15(2,3)20(4,5)19-12-8-6-11(7-9-12)10-13(16)14(17)18/h11-13H,1,6-10H2,2-5H3/p+1. The van der Waals surface area contributed by atoms with Crippen LogP contribution in [0.1, 0.15) is 46.0 Å². The molecule has 1 rings (SSSR count). The first kappa shape index (κ1) is 18.0. The topological polar surface area (TPSA) is 46.5 Å². The molecule has 0 spiro atoms. The molecular formula is C15H28BrO3Si+. The van der Waals surface area contributed by atoms with E-state index in [-0.39, 0.29) is 5.04 Å². The van der Waals surface area contributed by atoms with Crippen LogP contribution in [-0.4, -0.2) is 30.3 Å². The maximum Gasteiger partial charge on any atom is 0.317 e. The molecule has 0 heterocycles. The van der Waals surface area contributed by atoms with E-state index >= 15 is 0 Å². The number of aliphatic carboxylic acids is 1. The fraction of sp³-hybridized carbons (Fsp3) is 0.867. The van der Waals surface area contributed by atoms with Crippen molar-refractivity contribution >= 4 is 30.2 Å². The molecule has 0 amide bonds. The largest absolute Gasteiger partial charge is 0.480 e. The van der Waals surface area contributed by atoms with Gasteiger partial charge in [0.1, 0.15) is 9.87 Å². The van der Waals surface area contributed by atoms with Gasteiger partial charge in [0.05, 0.1) is 6.92 Å². The quantitative estimate of drug-likeness (QED) is 0.425. The highest BCUT2D eigenvalue weighted by molar-refractivity contribution is 9.10. The molecule has 5 heteroatoms. The summed E-state index contributed by atoms with van der Waals surface area (Å²) in [5.41, 5.74) is 0. The molecule has 0 saturated heterocycles. The van der Waals surface area contributed by atoms with E-state index in [4.69, 9.17) is 9.53 Å². The molecule has 0 aromatic carbocycles. The summed E-state index contributed by atoms with van der Waals surface area (Å²) in [6.45, 7) is 13.0. The molecule has 1 aliphatic carbocycles. The third-order valence-electron chi connectivity index (χ3n) is 4.69. The third-order valence-corrected chi connectivity index (χ3v) is 9.64. The Morgan fingerprint density at radius 2 is 1.90 bits per heavy atom. The van der Waals surface area contributed by atoms with Crippen LogP contribution in [0.3, 0.4) is 0 Å². The highest BCUT2D eigenvalue weighted by atomic mass is 79.9. The summed E-state index contributed by atoms with van der Waals surface area (Å²) in [5, 5.41) is 8.94. The predicted molar refractivity (Wildman–Crippen MR) is 88.7 cm³/mol. The molecule has 1 atom stereocenters. The Bertz CT molecular complexity index is 331. The van der Waals surface area contributed by atoms with Gasteiger partial charge in [0.15, 0.2) is 0 Å². The van der Waals surface area contributed by atoms with Gasteiger partial charge in [-0.25, -0.2) is 0 Å². The Balaban J connectivity index is 2.41. The molecule has 1 N–H and O–H groups in total. The van der Waals surface area contributed by atoms with Crippen LogP contribution in [0.5, 0.6) is 0 Å². The normalized spacial score (nSPS) is 26.2. The van der Waals surface area contributed by atoms with Gasteiger partial charge in [0, 0.05) is 6.10 Å². The monoisotopic (exact) mass is 363 g/mol. The van der Waals surface area contributed by atoms with E-state index < -0.39 is 19.1 Å². The Morgan fingerprint density at radius 1 is 1.40 bits per heavy atom. The van der Waals surface area contributed by atoms with Gasteiger partial charge in [-0.2, -0.15) is 0 Å². The minimum atomic E-state index is -1.78. The van der Waals surface area contributed by atoms with Crippen LogP contribution >= 0.6 is 15.9 Å². The van der Waals surface area contributed by atoms with E-state index in [1.165, 1.54) is 0 Å². The summed E-state index contributed by atoms with van der Waals surface area (Å²) in [4.78, 5) is 10.5. The van der Waals surface area contributed by atoms with Crippen LogP contribution < -0.4 is 0 Å². The van der Waals surface area contributed by atoms with Crippen molar-refractivity contribution in [1.29, 1.82) is 0 Å². The first-order valence-electron chi connectivity index (χ1n) is 7.43. The molecule has 0 aromatic rings. The molecule has 3 nitrogen and oxygen atoms in total. The van der Waals surface area contributed by atoms with Crippen molar-refractivity contribution in [2.24, 2.45) is 5.92 Å². The van der Waals surface area contributed by atoms with Gasteiger partial charge in [-0.05, 0) is 65.0 Å². The molecule has 0 aromatic heterocycles. The molecule has 20 heavy (non-hydrogen) atoms. The molecule has 1 fully saturated rings. The zero-order valence-electron chi connectivity index (χ0n) is 13.1. The van der Waals surface area contributed by atoms with Crippen molar-refractivity contribution in [3.8, 4) is 0 Å². The van der Waals surface area contributed by atoms with Crippen LogP contribution in [-0.2, 0) is 9.22 Å². The average Bonchev–Trinajstić information content (AvgIpc) is 2.29. The van der Waals surface area contributed by atoms with Crippen molar-refractivity contribution in [3.63, 3.8) is 0 Å². The summed E-state index contributed by atoms with van der Waals surface area (Å²) >= 11 is 3.24. The van der Waals surface area contributed by atoms with Crippen LogP contribution in [0.25, 0.3) is 0 Å². The van der Waals surface area contributed by atoms with E-state index in [1.807, 2.05) is 0 Å².